The Labute approximate surface area is 95.9 Å². The molecule has 2 unspecified atom stereocenters. The molecule has 2 aliphatic heterocycles. The van der Waals surface area contributed by atoms with Gasteiger partial charge in [-0.25, -0.2) is 0 Å². The minimum Gasteiger partial charge on any atom is -0.376 e. The molecule has 5 nitrogen and oxygen atoms in total. The van der Waals surface area contributed by atoms with Crippen LogP contribution in [0, 0.1) is 0 Å². The van der Waals surface area contributed by atoms with Gasteiger partial charge >= 0.3 is 0 Å². The fraction of sp³-hybridized carbons (Fsp3) is 0.909. The molecule has 0 aromatic rings. The molecular weight excluding hydrogens is 208 g/mol. The van der Waals surface area contributed by atoms with Gasteiger partial charge in [0.25, 0.3) is 5.91 Å². The third-order valence-electron chi connectivity index (χ3n) is 3.00. The second kappa shape index (κ2) is 6.18. The summed E-state index contributed by atoms with van der Waals surface area (Å²) in [6, 6.07) is 0. The summed E-state index contributed by atoms with van der Waals surface area (Å²) in [6.07, 6.45) is 3.23. The number of ether oxygens (including phenoxy) is 2. The Morgan fingerprint density at radius 1 is 1.31 bits per heavy atom. The first-order valence-corrected chi connectivity index (χ1v) is 6.08. The van der Waals surface area contributed by atoms with Crippen molar-refractivity contribution in [1.29, 1.82) is 0 Å². The Balaban J connectivity index is 1.65. The average Bonchev–Trinajstić information content (AvgIpc) is 2.38. The van der Waals surface area contributed by atoms with E-state index in [4.69, 9.17) is 9.47 Å². The molecule has 0 aliphatic carbocycles. The minimum absolute atomic E-state index is 0.0265. The summed E-state index contributed by atoms with van der Waals surface area (Å²) in [5.41, 5.74) is 0. The quantitative estimate of drug-likeness (QED) is 0.694. The van der Waals surface area contributed by atoms with Crippen molar-refractivity contribution in [3.05, 3.63) is 0 Å². The molecule has 0 bridgehead atoms. The van der Waals surface area contributed by atoms with Gasteiger partial charge in [0.05, 0.1) is 12.7 Å². The van der Waals surface area contributed by atoms with Gasteiger partial charge in [-0.1, -0.05) is 0 Å². The van der Waals surface area contributed by atoms with Crippen LogP contribution >= 0.6 is 0 Å². The van der Waals surface area contributed by atoms with Crippen LogP contribution in [0.1, 0.15) is 19.3 Å². The molecule has 16 heavy (non-hydrogen) atoms. The maximum absolute atomic E-state index is 11.7. The second-order valence-corrected chi connectivity index (χ2v) is 4.30. The lowest BCUT2D eigenvalue weighted by atomic mass is 10.1. The zero-order chi connectivity index (χ0) is 11.2. The summed E-state index contributed by atoms with van der Waals surface area (Å²) >= 11 is 0. The Morgan fingerprint density at radius 2 is 2.25 bits per heavy atom. The van der Waals surface area contributed by atoms with E-state index in [2.05, 4.69) is 10.6 Å². The maximum Gasteiger partial charge on any atom is 0.250 e. The normalized spacial score (nSPS) is 31.0. The first-order valence-electron chi connectivity index (χ1n) is 6.08. The van der Waals surface area contributed by atoms with Crippen molar-refractivity contribution < 1.29 is 14.3 Å². The maximum atomic E-state index is 11.7. The van der Waals surface area contributed by atoms with Crippen LogP contribution in [0.15, 0.2) is 0 Å². The Bertz CT molecular complexity index is 223. The molecule has 0 radical (unpaired) electrons. The van der Waals surface area contributed by atoms with Crippen molar-refractivity contribution in [2.75, 3.05) is 32.8 Å². The zero-order valence-electron chi connectivity index (χ0n) is 9.54. The molecule has 2 atom stereocenters. The van der Waals surface area contributed by atoms with Crippen molar-refractivity contribution in [2.24, 2.45) is 0 Å². The number of carbonyl (C=O) groups excluding carboxylic acids is 1. The fourth-order valence-electron chi connectivity index (χ4n) is 2.03. The van der Waals surface area contributed by atoms with Crippen LogP contribution < -0.4 is 10.6 Å². The lowest BCUT2D eigenvalue weighted by Gasteiger charge is -2.26. The monoisotopic (exact) mass is 228 g/mol. The Morgan fingerprint density at radius 3 is 2.94 bits per heavy atom. The summed E-state index contributed by atoms with van der Waals surface area (Å²) in [4.78, 5) is 11.7. The van der Waals surface area contributed by atoms with Crippen LogP contribution in [0.3, 0.4) is 0 Å². The van der Waals surface area contributed by atoms with Gasteiger partial charge in [0.2, 0.25) is 0 Å². The topological polar surface area (TPSA) is 59.6 Å². The predicted molar refractivity (Wildman–Crippen MR) is 59.2 cm³/mol. The van der Waals surface area contributed by atoms with Gasteiger partial charge in [0.15, 0.2) is 0 Å². The summed E-state index contributed by atoms with van der Waals surface area (Å²) in [5.74, 6) is -0.0265. The van der Waals surface area contributed by atoms with Crippen molar-refractivity contribution in [3.63, 3.8) is 0 Å². The number of carbonyl (C=O) groups is 1. The van der Waals surface area contributed by atoms with Crippen molar-refractivity contribution in [1.82, 2.24) is 10.6 Å². The van der Waals surface area contributed by atoms with E-state index < -0.39 is 0 Å². The molecule has 2 N–H and O–H groups in total. The zero-order valence-corrected chi connectivity index (χ0v) is 9.54. The minimum atomic E-state index is -0.336. The number of rotatable bonds is 3. The van der Waals surface area contributed by atoms with E-state index in [1.54, 1.807) is 0 Å². The van der Waals surface area contributed by atoms with Gasteiger partial charge in [-0.3, -0.25) is 4.79 Å². The summed E-state index contributed by atoms with van der Waals surface area (Å²) in [6.45, 7) is 3.48. The van der Waals surface area contributed by atoms with Crippen LogP contribution in [0.4, 0.5) is 0 Å². The number of nitrogens with one attached hydrogen (secondary N) is 2. The van der Waals surface area contributed by atoms with Crippen LogP contribution in [0.25, 0.3) is 0 Å². The molecule has 2 saturated heterocycles. The number of hydrogen-bond acceptors (Lipinski definition) is 4. The lowest BCUT2D eigenvalue weighted by molar-refractivity contribution is -0.135. The number of morpholine rings is 1. The van der Waals surface area contributed by atoms with Crippen molar-refractivity contribution >= 4 is 5.91 Å². The van der Waals surface area contributed by atoms with E-state index in [1.165, 1.54) is 6.42 Å². The Kier molecular flexibility index (Phi) is 4.56. The van der Waals surface area contributed by atoms with Crippen LogP contribution in [0.5, 0.6) is 0 Å². The third-order valence-corrected chi connectivity index (χ3v) is 3.00. The third kappa shape index (κ3) is 3.43. The predicted octanol–water partition coefficient (Wildman–Crippen LogP) is -0.340. The van der Waals surface area contributed by atoms with Crippen LogP contribution in [0.2, 0.25) is 0 Å². The van der Waals surface area contributed by atoms with E-state index in [-0.39, 0.29) is 18.1 Å². The molecule has 0 spiro atoms. The number of hydrogen-bond donors (Lipinski definition) is 2. The van der Waals surface area contributed by atoms with Gasteiger partial charge in [-0.05, 0) is 19.3 Å². The first-order chi connectivity index (χ1) is 7.86. The summed E-state index contributed by atoms with van der Waals surface area (Å²) in [5, 5.41) is 6.03. The van der Waals surface area contributed by atoms with Gasteiger partial charge in [0.1, 0.15) is 6.10 Å². The standard InChI is InChI=1S/C11H20N2O3/c14-11(10-8-12-4-6-16-10)13-7-9-3-1-2-5-15-9/h9-10,12H,1-8H2,(H,13,14). The van der Waals surface area contributed by atoms with Gasteiger partial charge in [-0.2, -0.15) is 0 Å². The first kappa shape index (κ1) is 11.8. The molecule has 92 valence electrons. The molecule has 0 aromatic heterocycles. The van der Waals surface area contributed by atoms with Crippen molar-refractivity contribution in [2.45, 2.75) is 31.5 Å². The Hall–Kier alpha value is -0.650. The largest absolute Gasteiger partial charge is 0.376 e. The van der Waals surface area contributed by atoms with E-state index in [9.17, 15) is 4.79 Å². The molecule has 2 heterocycles. The highest BCUT2D eigenvalue weighted by Crippen LogP contribution is 2.11. The number of amides is 1. The van der Waals surface area contributed by atoms with Gasteiger partial charge in [-0.15, -0.1) is 0 Å². The van der Waals surface area contributed by atoms with Gasteiger partial charge in [0, 0.05) is 26.2 Å². The van der Waals surface area contributed by atoms with E-state index in [0.29, 0.717) is 19.7 Å². The molecule has 0 saturated carbocycles. The molecule has 1 amide bonds. The summed E-state index contributed by atoms with van der Waals surface area (Å²) < 4.78 is 10.9. The highest BCUT2D eigenvalue weighted by Gasteiger charge is 2.22. The second-order valence-electron chi connectivity index (χ2n) is 4.30. The van der Waals surface area contributed by atoms with Crippen molar-refractivity contribution in [3.8, 4) is 0 Å². The molecular formula is C11H20N2O3. The molecule has 2 rings (SSSR count). The van der Waals surface area contributed by atoms with E-state index in [0.717, 1.165) is 26.0 Å². The molecule has 0 aromatic carbocycles. The van der Waals surface area contributed by atoms with Gasteiger partial charge < -0.3 is 20.1 Å². The SMILES string of the molecule is O=C(NCC1CCCCO1)C1CNCCO1. The summed E-state index contributed by atoms with van der Waals surface area (Å²) in [7, 11) is 0. The molecule has 2 fully saturated rings. The lowest BCUT2D eigenvalue weighted by Crippen LogP contribution is -2.49. The highest BCUT2D eigenvalue weighted by atomic mass is 16.5. The smallest absolute Gasteiger partial charge is 0.250 e. The fourth-order valence-corrected chi connectivity index (χ4v) is 2.03. The van der Waals surface area contributed by atoms with E-state index in [1.807, 2.05) is 0 Å². The highest BCUT2D eigenvalue weighted by molar-refractivity contribution is 5.81. The molecule has 5 heteroatoms. The average molecular weight is 228 g/mol. The van der Waals surface area contributed by atoms with Crippen LogP contribution in [-0.4, -0.2) is 51.0 Å². The van der Waals surface area contributed by atoms with Crippen LogP contribution in [-0.2, 0) is 14.3 Å². The molecule has 2 aliphatic rings. The van der Waals surface area contributed by atoms with E-state index >= 15 is 0 Å².